The van der Waals surface area contributed by atoms with E-state index in [1.165, 1.54) is 25.0 Å². The Bertz CT molecular complexity index is 1150. The molecule has 0 atom stereocenters. The Labute approximate surface area is 206 Å². The topological polar surface area (TPSA) is 63.5 Å². The van der Waals surface area contributed by atoms with Gasteiger partial charge in [0.1, 0.15) is 11.6 Å². The van der Waals surface area contributed by atoms with Gasteiger partial charge < -0.3 is 14.5 Å². The summed E-state index contributed by atoms with van der Waals surface area (Å²) >= 11 is 0. The zero-order valence-corrected chi connectivity index (χ0v) is 21.1. The quantitative estimate of drug-likeness (QED) is 0.446. The lowest BCUT2D eigenvalue weighted by Crippen LogP contribution is -2.35. The number of aromatic nitrogens is 3. The van der Waals surface area contributed by atoms with Crippen molar-refractivity contribution in [3.05, 3.63) is 53.1 Å². The second-order valence-corrected chi connectivity index (χ2v) is 9.42. The summed E-state index contributed by atoms with van der Waals surface area (Å²) in [6, 6.07) is 8.79. The molecule has 0 unspecified atom stereocenters. The predicted molar refractivity (Wildman–Crippen MR) is 136 cm³/mol. The molecular weight excluding hydrogens is 445 g/mol. The van der Waals surface area contributed by atoms with Gasteiger partial charge in [0.05, 0.1) is 17.8 Å². The van der Waals surface area contributed by atoms with Crippen LogP contribution in [0.2, 0.25) is 0 Å². The summed E-state index contributed by atoms with van der Waals surface area (Å²) < 4.78 is 21.2. The van der Waals surface area contributed by atoms with Crippen molar-refractivity contribution in [1.82, 2.24) is 19.7 Å². The standard InChI is InChI=1S/C27H36FN5O2/c1-20-16-21(2)33(30-20)13-10-26(34)32(14-15-35-3)19-23-17-22-8-9-24(28)18-25(22)29-27(23)31-11-6-4-5-7-12-31/h8-9,16-18H,4-7,10-15,19H2,1-3H3. The Morgan fingerprint density at radius 1 is 1.11 bits per heavy atom. The highest BCUT2D eigenvalue weighted by Gasteiger charge is 2.21. The fraction of sp³-hybridized carbons (Fsp3) is 0.519. The highest BCUT2D eigenvalue weighted by molar-refractivity contribution is 5.82. The van der Waals surface area contributed by atoms with Crippen molar-refractivity contribution in [3.8, 4) is 0 Å². The molecule has 35 heavy (non-hydrogen) atoms. The maximum Gasteiger partial charge on any atom is 0.224 e. The van der Waals surface area contributed by atoms with E-state index in [0.29, 0.717) is 38.2 Å². The summed E-state index contributed by atoms with van der Waals surface area (Å²) in [4.78, 5) is 22.4. The molecule has 0 bridgehead atoms. The van der Waals surface area contributed by atoms with Crippen molar-refractivity contribution in [2.24, 2.45) is 0 Å². The lowest BCUT2D eigenvalue weighted by Gasteiger charge is -2.28. The van der Waals surface area contributed by atoms with E-state index in [1.807, 2.05) is 29.5 Å². The second kappa shape index (κ2) is 11.6. The van der Waals surface area contributed by atoms with Gasteiger partial charge in [-0.15, -0.1) is 0 Å². The summed E-state index contributed by atoms with van der Waals surface area (Å²) in [7, 11) is 1.65. The largest absolute Gasteiger partial charge is 0.383 e. The number of ether oxygens (including phenoxy) is 1. The maximum atomic E-state index is 14.0. The normalized spacial score (nSPS) is 14.3. The Balaban J connectivity index is 1.61. The predicted octanol–water partition coefficient (Wildman–Crippen LogP) is 4.63. The van der Waals surface area contributed by atoms with Crippen LogP contribution < -0.4 is 4.90 Å². The van der Waals surface area contributed by atoms with Crippen molar-refractivity contribution in [1.29, 1.82) is 0 Å². The van der Waals surface area contributed by atoms with Crippen molar-refractivity contribution in [3.63, 3.8) is 0 Å². The van der Waals surface area contributed by atoms with Crippen molar-refractivity contribution < 1.29 is 13.9 Å². The molecule has 1 amide bonds. The van der Waals surface area contributed by atoms with Crippen LogP contribution >= 0.6 is 0 Å². The van der Waals surface area contributed by atoms with Crippen molar-refractivity contribution >= 4 is 22.6 Å². The molecule has 4 rings (SSSR count). The van der Waals surface area contributed by atoms with Crippen LogP contribution in [0, 0.1) is 19.7 Å². The van der Waals surface area contributed by atoms with Crippen LogP contribution in [0.25, 0.3) is 10.9 Å². The molecule has 3 heterocycles. The molecule has 1 saturated heterocycles. The molecular formula is C27H36FN5O2. The van der Waals surface area contributed by atoms with E-state index in [-0.39, 0.29) is 11.7 Å². The number of amides is 1. The first kappa shape index (κ1) is 25.1. The van der Waals surface area contributed by atoms with Crippen LogP contribution in [0.5, 0.6) is 0 Å². The van der Waals surface area contributed by atoms with E-state index >= 15 is 0 Å². The van der Waals surface area contributed by atoms with Crippen LogP contribution in [-0.2, 0) is 22.6 Å². The number of halogens is 1. The van der Waals surface area contributed by atoms with Crippen LogP contribution in [0.3, 0.4) is 0 Å². The molecule has 3 aromatic rings. The Morgan fingerprint density at radius 2 is 1.89 bits per heavy atom. The summed E-state index contributed by atoms with van der Waals surface area (Å²) in [5.74, 6) is 0.620. The zero-order chi connectivity index (χ0) is 24.8. The zero-order valence-electron chi connectivity index (χ0n) is 21.1. The molecule has 2 aromatic heterocycles. The third kappa shape index (κ3) is 6.36. The van der Waals surface area contributed by atoms with E-state index < -0.39 is 0 Å². The molecule has 0 N–H and O–H groups in total. The average molecular weight is 482 g/mol. The smallest absolute Gasteiger partial charge is 0.224 e. The molecule has 0 radical (unpaired) electrons. The summed E-state index contributed by atoms with van der Waals surface area (Å²) in [6.45, 7) is 7.73. The van der Waals surface area contributed by atoms with Crippen LogP contribution in [0.15, 0.2) is 30.3 Å². The lowest BCUT2D eigenvalue weighted by molar-refractivity contribution is -0.132. The molecule has 0 spiro atoms. The summed E-state index contributed by atoms with van der Waals surface area (Å²) in [6.07, 6.45) is 4.99. The van der Waals surface area contributed by atoms with E-state index in [1.54, 1.807) is 13.2 Å². The second-order valence-electron chi connectivity index (χ2n) is 9.42. The van der Waals surface area contributed by atoms with Gasteiger partial charge in [-0.05, 0) is 51.0 Å². The number of hydrogen-bond donors (Lipinski definition) is 0. The summed E-state index contributed by atoms with van der Waals surface area (Å²) in [5.41, 5.74) is 3.63. The molecule has 1 fully saturated rings. The highest BCUT2D eigenvalue weighted by Crippen LogP contribution is 2.28. The Morgan fingerprint density at radius 3 is 2.57 bits per heavy atom. The number of aryl methyl sites for hydroxylation is 3. The van der Waals surface area contributed by atoms with Gasteiger partial charge in [-0.25, -0.2) is 9.37 Å². The van der Waals surface area contributed by atoms with Gasteiger partial charge in [0, 0.05) is 69.0 Å². The van der Waals surface area contributed by atoms with Gasteiger partial charge in [-0.2, -0.15) is 5.10 Å². The van der Waals surface area contributed by atoms with Gasteiger partial charge in [0.15, 0.2) is 0 Å². The van der Waals surface area contributed by atoms with Crippen molar-refractivity contribution in [2.45, 2.75) is 59.0 Å². The first-order valence-electron chi connectivity index (χ1n) is 12.6. The number of hydrogen-bond acceptors (Lipinski definition) is 5. The number of carbonyl (C=O) groups excluding carboxylic acids is 1. The number of anilines is 1. The molecule has 1 aliphatic heterocycles. The lowest BCUT2D eigenvalue weighted by atomic mass is 10.1. The SMILES string of the molecule is COCCN(Cc1cc2ccc(F)cc2nc1N1CCCCCC1)C(=O)CCn1nc(C)cc1C. The molecule has 188 valence electrons. The first-order chi connectivity index (χ1) is 16.9. The van der Waals surface area contributed by atoms with Crippen LogP contribution in [0.4, 0.5) is 10.2 Å². The van der Waals surface area contributed by atoms with E-state index in [4.69, 9.17) is 9.72 Å². The van der Waals surface area contributed by atoms with Crippen LogP contribution in [-0.4, -0.2) is 58.9 Å². The number of rotatable bonds is 9. The minimum atomic E-state index is -0.291. The van der Waals surface area contributed by atoms with Crippen molar-refractivity contribution in [2.75, 3.05) is 38.3 Å². The number of nitrogens with zero attached hydrogens (tertiary/aromatic N) is 5. The minimum absolute atomic E-state index is 0.0515. The molecule has 0 saturated carbocycles. The Hall–Kier alpha value is -3.00. The fourth-order valence-corrected chi connectivity index (χ4v) is 4.81. The molecule has 1 aliphatic rings. The van der Waals surface area contributed by atoms with Gasteiger partial charge in [0.2, 0.25) is 5.91 Å². The summed E-state index contributed by atoms with van der Waals surface area (Å²) in [5, 5.41) is 5.36. The third-order valence-corrected chi connectivity index (χ3v) is 6.66. The van der Waals surface area contributed by atoms with E-state index in [0.717, 1.165) is 54.1 Å². The van der Waals surface area contributed by atoms with E-state index in [2.05, 4.69) is 16.1 Å². The molecule has 7 nitrogen and oxygen atoms in total. The fourth-order valence-electron chi connectivity index (χ4n) is 4.81. The first-order valence-corrected chi connectivity index (χ1v) is 12.6. The van der Waals surface area contributed by atoms with Crippen LogP contribution in [0.1, 0.15) is 49.1 Å². The molecule has 0 aliphatic carbocycles. The number of fused-ring (bicyclic) bond motifs is 1. The molecule has 1 aromatic carbocycles. The highest BCUT2D eigenvalue weighted by atomic mass is 19.1. The van der Waals surface area contributed by atoms with E-state index in [9.17, 15) is 9.18 Å². The monoisotopic (exact) mass is 481 g/mol. The average Bonchev–Trinajstić information content (AvgIpc) is 3.01. The van der Waals surface area contributed by atoms with Gasteiger partial charge >= 0.3 is 0 Å². The molecule has 8 heteroatoms. The number of pyridine rings is 1. The maximum absolute atomic E-state index is 14.0. The van der Waals surface area contributed by atoms with Gasteiger partial charge in [0.25, 0.3) is 0 Å². The number of methoxy groups -OCH3 is 1. The number of benzene rings is 1. The minimum Gasteiger partial charge on any atom is -0.383 e. The number of carbonyl (C=O) groups is 1. The van der Waals surface area contributed by atoms with Gasteiger partial charge in [-0.1, -0.05) is 12.8 Å². The third-order valence-electron chi connectivity index (χ3n) is 6.66. The van der Waals surface area contributed by atoms with Gasteiger partial charge in [-0.3, -0.25) is 9.48 Å². The Kier molecular flexibility index (Phi) is 8.33.